The Labute approximate surface area is 220 Å². The fourth-order valence-electron chi connectivity index (χ4n) is 4.25. The number of halogens is 1. The topological polar surface area (TPSA) is 139 Å². The first-order valence-corrected chi connectivity index (χ1v) is 13.4. The number of carbonyl (C=O) groups is 1. The summed E-state index contributed by atoms with van der Waals surface area (Å²) in [6, 6.07) is 9.81. The highest BCUT2D eigenvalue weighted by molar-refractivity contribution is 7.89. The van der Waals surface area contributed by atoms with Crippen LogP contribution in [0.4, 0.5) is 15.1 Å². The van der Waals surface area contributed by atoms with Crippen molar-refractivity contribution in [2.24, 2.45) is 0 Å². The van der Waals surface area contributed by atoms with E-state index in [0.717, 1.165) is 0 Å². The van der Waals surface area contributed by atoms with Crippen molar-refractivity contribution in [1.29, 1.82) is 0 Å². The van der Waals surface area contributed by atoms with Crippen molar-refractivity contribution in [2.75, 3.05) is 32.0 Å². The number of aliphatic hydroxyl groups is 1. The second-order valence-electron chi connectivity index (χ2n) is 9.90. The largest absolute Gasteiger partial charge is 0.444 e. The lowest BCUT2D eigenvalue weighted by Crippen LogP contribution is -2.58. The lowest BCUT2D eigenvalue weighted by molar-refractivity contribution is 0.00883. The molecule has 4 rings (SSSR count). The number of nitrogen functional groups attached to an aromatic ring is 1. The van der Waals surface area contributed by atoms with Crippen molar-refractivity contribution in [1.82, 2.24) is 19.2 Å². The van der Waals surface area contributed by atoms with Crippen molar-refractivity contribution in [3.63, 3.8) is 0 Å². The molecule has 3 N–H and O–H groups in total. The van der Waals surface area contributed by atoms with Gasteiger partial charge < -0.3 is 20.5 Å². The van der Waals surface area contributed by atoms with Gasteiger partial charge in [0.05, 0.1) is 17.5 Å². The van der Waals surface area contributed by atoms with Crippen LogP contribution in [0.5, 0.6) is 0 Å². The summed E-state index contributed by atoms with van der Waals surface area (Å²) in [6.45, 7) is 4.76. The molecule has 38 heavy (non-hydrogen) atoms. The zero-order chi connectivity index (χ0) is 27.7. The van der Waals surface area contributed by atoms with E-state index in [0.29, 0.717) is 16.7 Å². The molecule has 1 atom stereocenters. The standard InChI is InChI=1S/C26H30FN5O5S/c1-26(2,3)37-25(34)31-10-11-32(19(15-31)16-33)38(35,36)23-7-5-4-6-21(23)17-8-9-20(22(27)12-17)18-13-29-24(28)30-14-18/h4-9,12-14,19,33H,10-11,15-16H2,1-3H3,(H2,28,29,30)/t19-/m1/s1. The molecule has 0 aliphatic carbocycles. The van der Waals surface area contributed by atoms with Gasteiger partial charge >= 0.3 is 6.09 Å². The molecule has 1 fully saturated rings. The lowest BCUT2D eigenvalue weighted by Gasteiger charge is -2.40. The van der Waals surface area contributed by atoms with Gasteiger partial charge in [-0.25, -0.2) is 27.6 Å². The lowest BCUT2D eigenvalue weighted by atomic mass is 10.0. The summed E-state index contributed by atoms with van der Waals surface area (Å²) in [5.41, 5.74) is 6.13. The summed E-state index contributed by atoms with van der Waals surface area (Å²) in [5, 5.41) is 10.0. The van der Waals surface area contributed by atoms with Gasteiger partial charge in [0.15, 0.2) is 0 Å². The number of benzene rings is 2. The minimum absolute atomic E-state index is 0.0280. The van der Waals surface area contributed by atoms with E-state index in [-0.39, 0.29) is 36.0 Å². The van der Waals surface area contributed by atoms with E-state index in [9.17, 15) is 18.3 Å². The number of hydrogen-bond donors (Lipinski definition) is 2. The number of anilines is 1. The van der Waals surface area contributed by atoms with E-state index < -0.39 is 40.2 Å². The molecule has 2 aromatic carbocycles. The molecule has 1 aliphatic heterocycles. The quantitative estimate of drug-likeness (QED) is 0.500. The van der Waals surface area contributed by atoms with Crippen molar-refractivity contribution >= 4 is 22.1 Å². The Morgan fingerprint density at radius 2 is 1.79 bits per heavy atom. The predicted octanol–water partition coefficient (Wildman–Crippen LogP) is 3.13. The van der Waals surface area contributed by atoms with Gasteiger partial charge in [-0.15, -0.1) is 0 Å². The van der Waals surface area contributed by atoms with Crippen LogP contribution in [-0.4, -0.2) is 76.7 Å². The zero-order valence-electron chi connectivity index (χ0n) is 21.3. The molecule has 0 radical (unpaired) electrons. The Morgan fingerprint density at radius 3 is 2.42 bits per heavy atom. The van der Waals surface area contributed by atoms with Gasteiger partial charge in [-0.3, -0.25) is 0 Å². The van der Waals surface area contributed by atoms with Crippen LogP contribution in [-0.2, 0) is 14.8 Å². The number of amides is 1. The minimum Gasteiger partial charge on any atom is -0.444 e. The molecule has 202 valence electrons. The van der Waals surface area contributed by atoms with E-state index in [1.165, 1.54) is 39.8 Å². The van der Waals surface area contributed by atoms with Gasteiger partial charge in [-0.2, -0.15) is 4.31 Å². The fraction of sp³-hybridized carbons (Fsp3) is 0.346. The molecule has 1 aliphatic rings. The zero-order valence-corrected chi connectivity index (χ0v) is 22.2. The van der Waals surface area contributed by atoms with Crippen LogP contribution >= 0.6 is 0 Å². The molecule has 0 spiro atoms. The van der Waals surface area contributed by atoms with Crippen molar-refractivity contribution in [3.8, 4) is 22.3 Å². The third-order valence-electron chi connectivity index (χ3n) is 6.03. The molecule has 0 saturated carbocycles. The summed E-state index contributed by atoms with van der Waals surface area (Å²) in [5.74, 6) is -0.514. The summed E-state index contributed by atoms with van der Waals surface area (Å²) in [4.78, 5) is 21.6. The van der Waals surface area contributed by atoms with Crippen LogP contribution < -0.4 is 5.73 Å². The number of aliphatic hydroxyl groups excluding tert-OH is 1. The van der Waals surface area contributed by atoms with Crippen LogP contribution in [0.3, 0.4) is 0 Å². The Bertz CT molecular complexity index is 1430. The van der Waals surface area contributed by atoms with Crippen LogP contribution in [0.25, 0.3) is 22.3 Å². The molecule has 10 nitrogen and oxygen atoms in total. The van der Waals surface area contributed by atoms with E-state index in [2.05, 4.69) is 9.97 Å². The Morgan fingerprint density at radius 1 is 1.11 bits per heavy atom. The fourth-order valence-corrected chi connectivity index (χ4v) is 6.06. The minimum atomic E-state index is -4.13. The summed E-state index contributed by atoms with van der Waals surface area (Å²) >= 11 is 0. The number of carbonyl (C=O) groups excluding carboxylic acids is 1. The first-order chi connectivity index (χ1) is 17.9. The van der Waals surface area contributed by atoms with Crippen LogP contribution in [0.15, 0.2) is 59.8 Å². The van der Waals surface area contributed by atoms with E-state index in [1.54, 1.807) is 45.0 Å². The Hall–Kier alpha value is -3.61. The maximum Gasteiger partial charge on any atom is 0.410 e. The van der Waals surface area contributed by atoms with E-state index in [4.69, 9.17) is 10.5 Å². The van der Waals surface area contributed by atoms with Crippen molar-refractivity contribution < 1.29 is 27.4 Å². The highest BCUT2D eigenvalue weighted by atomic mass is 32.2. The number of aromatic nitrogens is 2. The summed E-state index contributed by atoms with van der Waals surface area (Å²) < 4.78 is 49.3. The monoisotopic (exact) mass is 543 g/mol. The third kappa shape index (κ3) is 5.77. The van der Waals surface area contributed by atoms with E-state index >= 15 is 4.39 Å². The molecule has 0 unspecified atom stereocenters. The van der Waals surface area contributed by atoms with Crippen molar-refractivity contribution in [3.05, 3.63) is 60.7 Å². The van der Waals surface area contributed by atoms with Gasteiger partial charge in [0.1, 0.15) is 11.4 Å². The molecule has 1 amide bonds. The van der Waals surface area contributed by atoms with Gasteiger partial charge in [0, 0.05) is 48.7 Å². The molecule has 0 bridgehead atoms. The SMILES string of the molecule is CC(C)(C)OC(=O)N1CCN(S(=O)(=O)c2ccccc2-c2ccc(-c3cnc(N)nc3)c(F)c2)[C@@H](CO)C1. The summed E-state index contributed by atoms with van der Waals surface area (Å²) in [7, 11) is -4.13. The Balaban J connectivity index is 1.64. The molecule has 12 heteroatoms. The van der Waals surface area contributed by atoms with Gasteiger partial charge in [0.2, 0.25) is 16.0 Å². The average molecular weight is 544 g/mol. The number of nitrogens with two attached hydrogens (primary N) is 1. The summed E-state index contributed by atoms with van der Waals surface area (Å²) in [6.07, 6.45) is 2.24. The highest BCUT2D eigenvalue weighted by Gasteiger charge is 2.39. The van der Waals surface area contributed by atoms with Gasteiger partial charge in [0.25, 0.3) is 0 Å². The maximum absolute atomic E-state index is 15.1. The second kappa shape index (κ2) is 10.6. The number of nitrogens with zero attached hydrogens (tertiary/aromatic N) is 4. The van der Waals surface area contributed by atoms with Gasteiger partial charge in [-0.1, -0.05) is 30.3 Å². The van der Waals surface area contributed by atoms with Crippen LogP contribution in [0.2, 0.25) is 0 Å². The average Bonchev–Trinajstić information content (AvgIpc) is 2.88. The highest BCUT2D eigenvalue weighted by Crippen LogP contribution is 2.34. The van der Waals surface area contributed by atoms with Crippen LogP contribution in [0, 0.1) is 5.82 Å². The molecule has 1 saturated heterocycles. The molecule has 3 aromatic rings. The number of piperazine rings is 1. The second-order valence-corrected chi connectivity index (χ2v) is 11.8. The molecule has 2 heterocycles. The first kappa shape index (κ1) is 27.4. The number of ether oxygens (including phenoxy) is 1. The van der Waals surface area contributed by atoms with Crippen LogP contribution in [0.1, 0.15) is 20.8 Å². The number of rotatable bonds is 5. The number of hydrogen-bond acceptors (Lipinski definition) is 8. The van der Waals surface area contributed by atoms with Gasteiger partial charge in [-0.05, 0) is 38.5 Å². The Kier molecular flexibility index (Phi) is 7.68. The molecular formula is C26H30FN5O5S. The number of sulfonamides is 1. The van der Waals surface area contributed by atoms with Crippen molar-refractivity contribution in [2.45, 2.75) is 37.3 Å². The first-order valence-electron chi connectivity index (χ1n) is 12.0. The predicted molar refractivity (Wildman–Crippen MR) is 140 cm³/mol. The smallest absolute Gasteiger partial charge is 0.410 e. The van der Waals surface area contributed by atoms with E-state index in [1.807, 2.05) is 0 Å². The maximum atomic E-state index is 15.1. The molecular weight excluding hydrogens is 513 g/mol. The normalized spacial score (nSPS) is 16.9. The molecule has 1 aromatic heterocycles. The third-order valence-corrected chi connectivity index (χ3v) is 8.04.